The van der Waals surface area contributed by atoms with Crippen LogP contribution in [0.5, 0.6) is 5.75 Å². The molecule has 2 aromatic carbocycles. The van der Waals surface area contributed by atoms with Crippen molar-refractivity contribution in [3.05, 3.63) is 70.9 Å². The summed E-state index contributed by atoms with van der Waals surface area (Å²) in [5, 5.41) is 10.2. The first kappa shape index (κ1) is 16.4. The van der Waals surface area contributed by atoms with Gasteiger partial charge in [0.05, 0.1) is 18.3 Å². The minimum atomic E-state index is -0.156. The summed E-state index contributed by atoms with van der Waals surface area (Å²) in [6.45, 7) is 4.69. The highest BCUT2D eigenvalue weighted by Gasteiger charge is 2.25. The van der Waals surface area contributed by atoms with E-state index < -0.39 is 0 Å². The Bertz CT molecular complexity index is 947. The van der Waals surface area contributed by atoms with Crippen LogP contribution in [0.3, 0.4) is 0 Å². The fourth-order valence-corrected chi connectivity index (χ4v) is 3.46. The number of amides is 1. The van der Waals surface area contributed by atoms with Gasteiger partial charge in [0.1, 0.15) is 11.4 Å². The number of rotatable bonds is 3. The van der Waals surface area contributed by atoms with Crippen molar-refractivity contribution in [3.63, 3.8) is 0 Å². The van der Waals surface area contributed by atoms with E-state index in [1.54, 1.807) is 6.07 Å². The third-order valence-corrected chi connectivity index (χ3v) is 4.67. The van der Waals surface area contributed by atoms with Gasteiger partial charge >= 0.3 is 0 Å². The lowest BCUT2D eigenvalue weighted by Crippen LogP contribution is -2.32. The SMILES string of the molecule is Cc1cc(C)c2c(c1)C(NC(=O)c1cc(-c3ccccc3)n[nH]1)CCO2. The average Bonchev–Trinajstić information content (AvgIpc) is 3.13. The van der Waals surface area contributed by atoms with E-state index in [-0.39, 0.29) is 11.9 Å². The number of benzene rings is 2. The molecule has 0 aliphatic carbocycles. The summed E-state index contributed by atoms with van der Waals surface area (Å²) in [4.78, 5) is 12.7. The first-order chi connectivity index (χ1) is 12.6. The van der Waals surface area contributed by atoms with Crippen molar-refractivity contribution in [2.45, 2.75) is 26.3 Å². The molecule has 1 aliphatic rings. The highest BCUT2D eigenvalue weighted by atomic mass is 16.5. The van der Waals surface area contributed by atoms with Crippen LogP contribution in [0, 0.1) is 13.8 Å². The van der Waals surface area contributed by atoms with Crippen molar-refractivity contribution in [1.29, 1.82) is 0 Å². The van der Waals surface area contributed by atoms with E-state index in [2.05, 4.69) is 34.6 Å². The predicted molar refractivity (Wildman–Crippen MR) is 100 cm³/mol. The number of carbonyl (C=O) groups excluding carboxylic acids is 1. The van der Waals surface area contributed by atoms with Crippen LogP contribution in [0.1, 0.15) is 39.6 Å². The van der Waals surface area contributed by atoms with Crippen LogP contribution in [0.4, 0.5) is 0 Å². The van der Waals surface area contributed by atoms with Crippen molar-refractivity contribution in [1.82, 2.24) is 15.5 Å². The van der Waals surface area contributed by atoms with Crippen LogP contribution in [-0.4, -0.2) is 22.7 Å². The second-order valence-electron chi connectivity index (χ2n) is 6.70. The lowest BCUT2D eigenvalue weighted by atomic mass is 9.95. The maximum absolute atomic E-state index is 12.7. The minimum absolute atomic E-state index is 0.0617. The topological polar surface area (TPSA) is 67.0 Å². The van der Waals surface area contributed by atoms with E-state index in [9.17, 15) is 4.79 Å². The molecule has 0 fully saturated rings. The monoisotopic (exact) mass is 347 g/mol. The van der Waals surface area contributed by atoms with Crippen LogP contribution in [-0.2, 0) is 0 Å². The summed E-state index contributed by atoms with van der Waals surface area (Å²) < 4.78 is 5.82. The Kier molecular flexibility index (Phi) is 4.21. The molecule has 0 radical (unpaired) electrons. The van der Waals surface area contributed by atoms with E-state index >= 15 is 0 Å². The Labute approximate surface area is 152 Å². The van der Waals surface area contributed by atoms with Crippen molar-refractivity contribution < 1.29 is 9.53 Å². The summed E-state index contributed by atoms with van der Waals surface area (Å²) in [5.41, 5.74) is 5.51. The van der Waals surface area contributed by atoms with Gasteiger partial charge in [0.15, 0.2) is 0 Å². The van der Waals surface area contributed by atoms with Gasteiger partial charge in [0.25, 0.3) is 5.91 Å². The van der Waals surface area contributed by atoms with Crippen molar-refractivity contribution in [2.24, 2.45) is 0 Å². The first-order valence-corrected chi connectivity index (χ1v) is 8.77. The average molecular weight is 347 g/mol. The molecule has 5 nitrogen and oxygen atoms in total. The van der Waals surface area contributed by atoms with Gasteiger partial charge in [-0.25, -0.2) is 0 Å². The lowest BCUT2D eigenvalue weighted by Gasteiger charge is -2.28. The number of aromatic nitrogens is 2. The van der Waals surface area contributed by atoms with Crippen LogP contribution < -0.4 is 10.1 Å². The number of aryl methyl sites for hydroxylation is 2. The highest BCUT2D eigenvalue weighted by molar-refractivity contribution is 5.93. The molecule has 0 bridgehead atoms. The largest absolute Gasteiger partial charge is 0.493 e. The van der Waals surface area contributed by atoms with Crippen LogP contribution in [0.15, 0.2) is 48.5 Å². The summed E-state index contributed by atoms with van der Waals surface area (Å²) in [6.07, 6.45) is 0.751. The van der Waals surface area contributed by atoms with Gasteiger partial charge < -0.3 is 10.1 Å². The second kappa shape index (κ2) is 6.67. The quantitative estimate of drug-likeness (QED) is 0.754. The molecular weight excluding hydrogens is 326 g/mol. The van der Waals surface area contributed by atoms with E-state index in [1.165, 1.54) is 5.56 Å². The Morgan fingerprint density at radius 3 is 2.81 bits per heavy atom. The molecule has 0 spiro atoms. The fourth-order valence-electron chi connectivity index (χ4n) is 3.46. The second-order valence-corrected chi connectivity index (χ2v) is 6.70. The highest BCUT2D eigenvalue weighted by Crippen LogP contribution is 2.35. The van der Waals surface area contributed by atoms with E-state index in [0.29, 0.717) is 12.3 Å². The van der Waals surface area contributed by atoms with Gasteiger partial charge in [-0.05, 0) is 25.5 Å². The van der Waals surface area contributed by atoms with Crippen molar-refractivity contribution >= 4 is 5.91 Å². The molecule has 3 aromatic rings. The Balaban J connectivity index is 1.56. The lowest BCUT2D eigenvalue weighted by molar-refractivity contribution is 0.0919. The van der Waals surface area contributed by atoms with Crippen LogP contribution >= 0.6 is 0 Å². The number of nitrogens with one attached hydrogen (secondary N) is 2. The van der Waals surface area contributed by atoms with Gasteiger partial charge in [-0.1, -0.05) is 48.0 Å². The maximum atomic E-state index is 12.7. The number of hydrogen-bond acceptors (Lipinski definition) is 3. The molecule has 0 saturated heterocycles. The van der Waals surface area contributed by atoms with Crippen molar-refractivity contribution in [2.75, 3.05) is 6.61 Å². The number of nitrogens with zero attached hydrogens (tertiary/aromatic N) is 1. The predicted octanol–water partition coefficient (Wildman–Crippen LogP) is 3.95. The summed E-state index contributed by atoms with van der Waals surface area (Å²) in [6, 6.07) is 15.7. The zero-order valence-corrected chi connectivity index (χ0v) is 14.9. The molecule has 1 unspecified atom stereocenters. The molecule has 2 N–H and O–H groups in total. The zero-order chi connectivity index (χ0) is 18.1. The number of fused-ring (bicyclic) bond motifs is 1. The van der Waals surface area contributed by atoms with E-state index in [4.69, 9.17) is 4.74 Å². The van der Waals surface area contributed by atoms with Gasteiger partial charge in [0, 0.05) is 17.5 Å². The Hall–Kier alpha value is -3.08. The summed E-state index contributed by atoms with van der Waals surface area (Å²) >= 11 is 0. The Morgan fingerprint density at radius 2 is 2.00 bits per heavy atom. The molecule has 4 rings (SSSR count). The minimum Gasteiger partial charge on any atom is -0.493 e. The molecule has 5 heteroatoms. The number of aromatic amines is 1. The van der Waals surface area contributed by atoms with E-state index in [1.807, 2.05) is 37.3 Å². The van der Waals surface area contributed by atoms with Crippen LogP contribution in [0.25, 0.3) is 11.3 Å². The molecule has 132 valence electrons. The van der Waals surface area contributed by atoms with E-state index in [0.717, 1.165) is 34.6 Å². The smallest absolute Gasteiger partial charge is 0.269 e. The molecule has 1 amide bonds. The van der Waals surface area contributed by atoms with Gasteiger partial charge in [0.2, 0.25) is 0 Å². The molecule has 2 heterocycles. The first-order valence-electron chi connectivity index (χ1n) is 8.77. The number of hydrogen-bond donors (Lipinski definition) is 2. The number of H-pyrrole nitrogens is 1. The maximum Gasteiger partial charge on any atom is 0.269 e. The Morgan fingerprint density at radius 1 is 1.19 bits per heavy atom. The normalized spacial score (nSPS) is 15.8. The molecule has 1 atom stereocenters. The fraction of sp³-hybridized carbons (Fsp3) is 0.238. The summed E-state index contributed by atoms with van der Waals surface area (Å²) in [5.74, 6) is 0.735. The molecule has 1 aromatic heterocycles. The van der Waals surface area contributed by atoms with Crippen LogP contribution in [0.2, 0.25) is 0 Å². The van der Waals surface area contributed by atoms with Gasteiger partial charge in [-0.15, -0.1) is 0 Å². The third kappa shape index (κ3) is 3.08. The molecule has 1 aliphatic heterocycles. The number of carbonyl (C=O) groups is 1. The van der Waals surface area contributed by atoms with Gasteiger partial charge in [-0.3, -0.25) is 9.89 Å². The molecular formula is C21H21N3O2. The molecule has 0 saturated carbocycles. The standard InChI is InChI=1S/C21H21N3O2/c1-13-10-14(2)20-16(11-13)17(8-9-26-20)22-21(25)19-12-18(23-24-19)15-6-4-3-5-7-15/h3-7,10-12,17H,8-9H2,1-2H3,(H,22,25)(H,23,24). The summed E-state index contributed by atoms with van der Waals surface area (Å²) in [7, 11) is 0. The van der Waals surface area contributed by atoms with Gasteiger partial charge in [-0.2, -0.15) is 5.10 Å². The molecule has 26 heavy (non-hydrogen) atoms. The third-order valence-electron chi connectivity index (χ3n) is 4.67. The van der Waals surface area contributed by atoms with Crippen molar-refractivity contribution in [3.8, 4) is 17.0 Å². The number of ether oxygens (including phenoxy) is 1. The zero-order valence-electron chi connectivity index (χ0n) is 14.9.